The minimum atomic E-state index is -3.91. The van der Waals surface area contributed by atoms with Crippen LogP contribution in [0.15, 0.2) is 113 Å². The zero-order valence-electron chi connectivity index (χ0n) is 19.7. The Bertz CT molecular complexity index is 1540. The molecular formula is C28H22N2O6S. The lowest BCUT2D eigenvalue weighted by Gasteiger charge is -2.11. The molecule has 0 saturated carbocycles. The van der Waals surface area contributed by atoms with Crippen LogP contribution in [0.2, 0.25) is 0 Å². The maximum Gasteiger partial charge on any atom is 0.343 e. The number of aryl methyl sites for hydroxylation is 1. The van der Waals surface area contributed by atoms with Gasteiger partial charge in [-0.25, -0.2) is 14.4 Å². The molecule has 0 bridgehead atoms. The number of hydrogen-bond donors (Lipinski definition) is 1. The van der Waals surface area contributed by atoms with Gasteiger partial charge in [0.05, 0.1) is 22.2 Å². The Morgan fingerprint density at radius 2 is 1.32 bits per heavy atom. The van der Waals surface area contributed by atoms with Crippen LogP contribution in [0.5, 0.6) is 11.5 Å². The number of nitrogens with zero attached hydrogens (tertiary/aromatic N) is 1. The van der Waals surface area contributed by atoms with Crippen LogP contribution in [0.25, 0.3) is 0 Å². The van der Waals surface area contributed by atoms with Crippen molar-refractivity contribution in [2.45, 2.75) is 11.8 Å². The van der Waals surface area contributed by atoms with Crippen LogP contribution in [-0.4, -0.2) is 26.6 Å². The molecule has 0 atom stereocenters. The van der Waals surface area contributed by atoms with Gasteiger partial charge >= 0.3 is 11.9 Å². The van der Waals surface area contributed by atoms with Crippen molar-refractivity contribution in [1.82, 2.24) is 4.83 Å². The molecule has 37 heavy (non-hydrogen) atoms. The topological polar surface area (TPSA) is 111 Å². The van der Waals surface area contributed by atoms with Crippen molar-refractivity contribution in [3.8, 4) is 11.5 Å². The number of rotatable bonds is 8. The van der Waals surface area contributed by atoms with Crippen molar-refractivity contribution in [3.05, 3.63) is 125 Å². The average molecular weight is 515 g/mol. The Morgan fingerprint density at radius 3 is 1.92 bits per heavy atom. The second-order valence-corrected chi connectivity index (χ2v) is 9.54. The number of benzene rings is 4. The smallest absolute Gasteiger partial charge is 0.343 e. The van der Waals surface area contributed by atoms with Gasteiger partial charge in [0.25, 0.3) is 10.0 Å². The molecule has 0 radical (unpaired) electrons. The fourth-order valence-electron chi connectivity index (χ4n) is 3.18. The Morgan fingerprint density at radius 1 is 0.757 bits per heavy atom. The molecule has 4 rings (SSSR count). The van der Waals surface area contributed by atoms with E-state index < -0.39 is 22.0 Å². The van der Waals surface area contributed by atoms with Gasteiger partial charge in [-0.2, -0.15) is 13.5 Å². The number of hydrazone groups is 1. The number of nitrogens with one attached hydrogen (secondary N) is 1. The van der Waals surface area contributed by atoms with E-state index in [-0.39, 0.29) is 22.0 Å². The first-order chi connectivity index (χ1) is 17.8. The first-order valence-corrected chi connectivity index (χ1v) is 12.6. The molecule has 0 aromatic heterocycles. The summed E-state index contributed by atoms with van der Waals surface area (Å²) in [7, 11) is -3.91. The minimum absolute atomic E-state index is 0.0190. The molecule has 4 aromatic rings. The Labute approximate surface area is 214 Å². The third-order valence-corrected chi connectivity index (χ3v) is 6.36. The van der Waals surface area contributed by atoms with Crippen molar-refractivity contribution in [3.63, 3.8) is 0 Å². The van der Waals surface area contributed by atoms with Gasteiger partial charge in [-0.05, 0) is 55.5 Å². The standard InChI is InChI=1S/C28H22N2O6S/c1-20-12-16-25(17-13-20)37(33,34)30-29-19-23-14-15-24(35-27(31)21-8-4-2-5-9-21)18-26(23)36-28(32)22-10-6-3-7-11-22/h2-19,30H,1H3. The molecule has 4 aromatic carbocycles. The van der Waals surface area contributed by atoms with Gasteiger partial charge < -0.3 is 9.47 Å². The van der Waals surface area contributed by atoms with Crippen molar-refractivity contribution in [2.24, 2.45) is 5.10 Å². The fraction of sp³-hybridized carbons (Fsp3) is 0.0357. The van der Waals surface area contributed by atoms with Gasteiger partial charge in [-0.1, -0.05) is 54.1 Å². The van der Waals surface area contributed by atoms with E-state index in [1.165, 1.54) is 36.5 Å². The van der Waals surface area contributed by atoms with Crippen molar-refractivity contribution in [1.29, 1.82) is 0 Å². The SMILES string of the molecule is Cc1ccc(S(=O)(=O)NN=Cc2ccc(OC(=O)c3ccccc3)cc2OC(=O)c2ccccc2)cc1. The van der Waals surface area contributed by atoms with E-state index in [1.54, 1.807) is 72.8 Å². The zero-order chi connectivity index (χ0) is 26.3. The fourth-order valence-corrected chi connectivity index (χ4v) is 3.97. The van der Waals surface area contributed by atoms with E-state index in [4.69, 9.17) is 9.47 Å². The van der Waals surface area contributed by atoms with E-state index in [0.29, 0.717) is 11.1 Å². The molecule has 0 saturated heterocycles. The summed E-state index contributed by atoms with van der Waals surface area (Å²) < 4.78 is 36.0. The number of hydrogen-bond acceptors (Lipinski definition) is 7. The number of carbonyl (C=O) groups excluding carboxylic acids is 2. The van der Waals surface area contributed by atoms with Crippen LogP contribution >= 0.6 is 0 Å². The maximum atomic E-state index is 12.7. The van der Waals surface area contributed by atoms with E-state index in [1.807, 2.05) is 6.92 Å². The van der Waals surface area contributed by atoms with Gasteiger partial charge in [-0.3, -0.25) is 0 Å². The highest BCUT2D eigenvalue weighted by Gasteiger charge is 2.16. The van der Waals surface area contributed by atoms with Crippen LogP contribution in [0, 0.1) is 6.92 Å². The van der Waals surface area contributed by atoms with E-state index >= 15 is 0 Å². The average Bonchev–Trinajstić information content (AvgIpc) is 2.91. The predicted octanol–water partition coefficient (Wildman–Crippen LogP) is 4.75. The van der Waals surface area contributed by atoms with Crippen molar-refractivity contribution < 1.29 is 27.5 Å². The number of sulfonamides is 1. The molecule has 0 unspecified atom stereocenters. The quantitative estimate of drug-likeness (QED) is 0.157. The van der Waals surface area contributed by atoms with E-state index in [9.17, 15) is 18.0 Å². The molecule has 8 nitrogen and oxygen atoms in total. The highest BCUT2D eigenvalue weighted by molar-refractivity contribution is 7.89. The third kappa shape index (κ3) is 6.68. The summed E-state index contributed by atoms with van der Waals surface area (Å²) in [6, 6.07) is 27.4. The molecule has 0 spiro atoms. The molecule has 0 aliphatic rings. The molecule has 0 aliphatic heterocycles. The molecule has 186 valence electrons. The van der Waals surface area contributed by atoms with Crippen LogP contribution < -0.4 is 14.3 Å². The summed E-state index contributed by atoms with van der Waals surface area (Å²) in [6.07, 6.45) is 1.20. The van der Waals surface area contributed by atoms with Gasteiger partial charge in [-0.15, -0.1) is 0 Å². The summed E-state index contributed by atoms with van der Waals surface area (Å²) in [5.41, 5.74) is 1.84. The largest absolute Gasteiger partial charge is 0.423 e. The first-order valence-electron chi connectivity index (χ1n) is 11.1. The molecule has 0 heterocycles. The monoisotopic (exact) mass is 514 g/mol. The molecule has 0 amide bonds. The zero-order valence-corrected chi connectivity index (χ0v) is 20.5. The summed E-state index contributed by atoms with van der Waals surface area (Å²) in [6.45, 7) is 1.85. The third-order valence-electron chi connectivity index (χ3n) is 5.13. The maximum absolute atomic E-state index is 12.7. The highest BCUT2D eigenvalue weighted by Crippen LogP contribution is 2.26. The molecular weight excluding hydrogens is 492 g/mol. The molecule has 0 fully saturated rings. The Hall–Kier alpha value is -4.76. The Kier molecular flexibility index (Phi) is 7.75. The lowest BCUT2D eigenvalue weighted by Crippen LogP contribution is -2.18. The van der Waals surface area contributed by atoms with Gasteiger partial charge in [0.1, 0.15) is 11.5 Å². The Balaban J connectivity index is 1.58. The lowest BCUT2D eigenvalue weighted by molar-refractivity contribution is 0.0732. The normalized spacial score (nSPS) is 11.2. The van der Waals surface area contributed by atoms with Crippen LogP contribution in [0.3, 0.4) is 0 Å². The summed E-state index contributed by atoms with van der Waals surface area (Å²) in [5, 5.41) is 3.83. The van der Waals surface area contributed by atoms with Crippen LogP contribution in [0.4, 0.5) is 0 Å². The number of carbonyl (C=O) groups is 2. The molecule has 9 heteroatoms. The first kappa shape index (κ1) is 25.3. The second kappa shape index (κ2) is 11.3. The lowest BCUT2D eigenvalue weighted by atomic mass is 10.2. The van der Waals surface area contributed by atoms with E-state index in [0.717, 1.165) is 5.56 Å². The number of ether oxygens (including phenoxy) is 2. The predicted molar refractivity (Wildman–Crippen MR) is 138 cm³/mol. The van der Waals surface area contributed by atoms with Crippen molar-refractivity contribution >= 4 is 28.2 Å². The van der Waals surface area contributed by atoms with Gasteiger partial charge in [0, 0.05) is 11.6 Å². The van der Waals surface area contributed by atoms with Crippen LogP contribution in [-0.2, 0) is 10.0 Å². The number of esters is 2. The summed E-state index contributed by atoms with van der Waals surface area (Å²) in [4.78, 5) is 27.3. The van der Waals surface area contributed by atoms with Gasteiger partial charge in [0.15, 0.2) is 0 Å². The molecule has 1 N–H and O–H groups in total. The molecule has 0 aliphatic carbocycles. The minimum Gasteiger partial charge on any atom is -0.423 e. The summed E-state index contributed by atoms with van der Waals surface area (Å²) in [5.74, 6) is -1.09. The van der Waals surface area contributed by atoms with E-state index in [2.05, 4.69) is 9.93 Å². The second-order valence-electron chi connectivity index (χ2n) is 7.88. The highest BCUT2D eigenvalue weighted by atomic mass is 32.2. The summed E-state index contributed by atoms with van der Waals surface area (Å²) >= 11 is 0. The van der Waals surface area contributed by atoms with Crippen LogP contribution in [0.1, 0.15) is 31.8 Å². The van der Waals surface area contributed by atoms with Crippen molar-refractivity contribution in [2.75, 3.05) is 0 Å². The van der Waals surface area contributed by atoms with Gasteiger partial charge in [0.2, 0.25) is 0 Å².